The number of esters is 1. The lowest BCUT2D eigenvalue weighted by Gasteiger charge is -2.08. The number of benzene rings is 1. The highest BCUT2D eigenvalue weighted by Crippen LogP contribution is 2.23. The van der Waals surface area contributed by atoms with E-state index in [2.05, 4.69) is 14.6 Å². The van der Waals surface area contributed by atoms with Gasteiger partial charge in [0.2, 0.25) is 5.70 Å². The fraction of sp³-hybridized carbons (Fsp3) is 0.308. The van der Waals surface area contributed by atoms with Crippen LogP contribution in [0.2, 0.25) is 0 Å². The molecule has 0 saturated heterocycles. The van der Waals surface area contributed by atoms with Crippen molar-refractivity contribution in [3.05, 3.63) is 35.5 Å². The Balaban J connectivity index is 3.01. The average molecular weight is 303 g/mol. The van der Waals surface area contributed by atoms with E-state index >= 15 is 0 Å². The van der Waals surface area contributed by atoms with Crippen molar-refractivity contribution in [3.8, 4) is 5.75 Å². The van der Waals surface area contributed by atoms with E-state index in [0.29, 0.717) is 5.56 Å². The van der Waals surface area contributed by atoms with Crippen LogP contribution in [-0.2, 0) is 9.53 Å². The highest BCUT2D eigenvalue weighted by atomic mass is 19.4. The predicted octanol–water partition coefficient (Wildman–Crippen LogP) is 2.82. The molecule has 0 aliphatic carbocycles. The SMILES string of the molecule is COC(=O)/C(=C/c1ccc(OC(F)(F)F)cc1)N=[N+](C)C. The van der Waals surface area contributed by atoms with Gasteiger partial charge in [-0.05, 0) is 23.8 Å². The van der Waals surface area contributed by atoms with E-state index < -0.39 is 12.3 Å². The molecule has 0 amide bonds. The molecule has 0 atom stereocenters. The van der Waals surface area contributed by atoms with Crippen LogP contribution in [0.25, 0.3) is 6.08 Å². The number of carbonyl (C=O) groups excluding carboxylic acids is 1. The maximum Gasteiger partial charge on any atom is 0.573 e. The van der Waals surface area contributed by atoms with Crippen LogP contribution in [0, 0.1) is 0 Å². The Bertz CT molecular complexity index is 559. The van der Waals surface area contributed by atoms with E-state index in [0.717, 1.165) is 12.1 Å². The zero-order valence-corrected chi connectivity index (χ0v) is 11.6. The van der Waals surface area contributed by atoms with Gasteiger partial charge >= 0.3 is 12.3 Å². The average Bonchev–Trinajstić information content (AvgIpc) is 2.37. The summed E-state index contributed by atoms with van der Waals surface area (Å²) in [5.74, 6) is -0.997. The minimum Gasteiger partial charge on any atom is -0.464 e. The smallest absolute Gasteiger partial charge is 0.464 e. The summed E-state index contributed by atoms with van der Waals surface area (Å²) < 4.78 is 45.8. The molecule has 1 rings (SSSR count). The number of carbonyl (C=O) groups is 1. The molecular formula is C13H14F3N2O3+. The number of azo groups is 2. The lowest BCUT2D eigenvalue weighted by atomic mass is 10.2. The van der Waals surface area contributed by atoms with Gasteiger partial charge in [0.05, 0.1) is 7.11 Å². The molecule has 0 fully saturated rings. The fourth-order valence-electron chi connectivity index (χ4n) is 1.37. The van der Waals surface area contributed by atoms with Crippen molar-refractivity contribution in [1.82, 2.24) is 0 Å². The van der Waals surface area contributed by atoms with E-state index in [-0.39, 0.29) is 11.4 Å². The largest absolute Gasteiger partial charge is 0.573 e. The first-order chi connectivity index (χ1) is 9.71. The molecule has 0 aliphatic heterocycles. The van der Waals surface area contributed by atoms with Gasteiger partial charge in [-0.1, -0.05) is 12.1 Å². The molecule has 0 bridgehead atoms. The number of ether oxygens (including phenoxy) is 2. The zero-order chi connectivity index (χ0) is 16.0. The van der Waals surface area contributed by atoms with E-state index in [4.69, 9.17) is 0 Å². The molecule has 0 radical (unpaired) electrons. The third-order valence-electron chi connectivity index (χ3n) is 2.12. The van der Waals surface area contributed by atoms with Gasteiger partial charge in [-0.2, -0.15) is 0 Å². The van der Waals surface area contributed by atoms with Gasteiger partial charge in [-0.15, -0.1) is 17.9 Å². The molecule has 21 heavy (non-hydrogen) atoms. The third kappa shape index (κ3) is 6.07. The molecule has 1 aromatic rings. The Labute approximate surface area is 119 Å². The second kappa shape index (κ2) is 6.87. The molecule has 114 valence electrons. The first-order valence-electron chi connectivity index (χ1n) is 5.76. The van der Waals surface area contributed by atoms with Crippen LogP contribution < -0.4 is 4.74 Å². The maximum absolute atomic E-state index is 12.0. The molecule has 0 heterocycles. The maximum atomic E-state index is 12.0. The topological polar surface area (TPSA) is 50.9 Å². The molecule has 0 aromatic heterocycles. The van der Waals surface area contributed by atoms with Crippen molar-refractivity contribution in [2.24, 2.45) is 5.11 Å². The normalized spacial score (nSPS) is 11.8. The molecule has 0 saturated carbocycles. The standard InChI is InChI=1S/C13H14F3N2O3/c1-18(2)17-11(12(19)20-3)8-9-4-6-10(7-5-9)21-13(14,15)16/h4-8H,1-3H3/q+1/b11-8-. The lowest BCUT2D eigenvalue weighted by Crippen LogP contribution is -2.16. The number of hydrogen-bond acceptors (Lipinski definition) is 4. The Morgan fingerprint density at radius 3 is 2.24 bits per heavy atom. The molecule has 0 spiro atoms. The van der Waals surface area contributed by atoms with E-state index in [1.165, 1.54) is 30.0 Å². The number of rotatable bonds is 4. The second-order valence-corrected chi connectivity index (χ2v) is 4.09. The van der Waals surface area contributed by atoms with E-state index in [1.54, 1.807) is 14.1 Å². The van der Waals surface area contributed by atoms with Crippen molar-refractivity contribution >= 4 is 12.0 Å². The highest BCUT2D eigenvalue weighted by Gasteiger charge is 2.30. The minimum atomic E-state index is -4.74. The quantitative estimate of drug-likeness (QED) is 0.372. The number of halogens is 3. The summed E-state index contributed by atoms with van der Waals surface area (Å²) in [6.07, 6.45) is -3.35. The van der Waals surface area contributed by atoms with Crippen LogP contribution in [-0.4, -0.2) is 38.2 Å². The molecule has 0 N–H and O–H groups in total. The fourth-order valence-corrected chi connectivity index (χ4v) is 1.37. The summed E-state index contributed by atoms with van der Waals surface area (Å²) >= 11 is 0. The van der Waals surface area contributed by atoms with Crippen LogP contribution in [0.3, 0.4) is 0 Å². The highest BCUT2D eigenvalue weighted by molar-refractivity contribution is 5.92. The van der Waals surface area contributed by atoms with Gasteiger partial charge in [-0.25, -0.2) is 4.79 Å². The first kappa shape index (κ1) is 16.7. The summed E-state index contributed by atoms with van der Waals surface area (Å²) in [6, 6.07) is 5.03. The van der Waals surface area contributed by atoms with Crippen LogP contribution in [0.1, 0.15) is 5.56 Å². The van der Waals surface area contributed by atoms with Crippen molar-refractivity contribution in [2.45, 2.75) is 6.36 Å². The van der Waals surface area contributed by atoms with Crippen molar-refractivity contribution in [2.75, 3.05) is 21.2 Å². The Morgan fingerprint density at radius 1 is 1.24 bits per heavy atom. The minimum absolute atomic E-state index is 0.0204. The van der Waals surface area contributed by atoms with Gasteiger partial charge in [0, 0.05) is 5.11 Å². The summed E-state index contributed by atoms with van der Waals surface area (Å²) in [5.41, 5.74) is 0.502. The van der Waals surface area contributed by atoms with Gasteiger partial charge in [-0.3, -0.25) is 0 Å². The number of methoxy groups -OCH3 is 1. The number of hydrogen-bond donors (Lipinski definition) is 0. The Hall–Kier alpha value is -2.38. The molecule has 1 aromatic carbocycles. The molecular weight excluding hydrogens is 289 g/mol. The summed E-state index contributed by atoms with van der Waals surface area (Å²) in [4.78, 5) is 11.5. The van der Waals surface area contributed by atoms with Crippen molar-refractivity contribution in [3.63, 3.8) is 0 Å². The summed E-state index contributed by atoms with van der Waals surface area (Å²) in [5, 5.41) is 3.93. The van der Waals surface area contributed by atoms with Gasteiger partial charge in [0.1, 0.15) is 5.75 Å². The Morgan fingerprint density at radius 2 is 1.81 bits per heavy atom. The molecule has 0 unspecified atom stereocenters. The monoisotopic (exact) mass is 303 g/mol. The first-order valence-corrected chi connectivity index (χ1v) is 5.76. The van der Waals surface area contributed by atoms with Crippen LogP contribution >= 0.6 is 0 Å². The van der Waals surface area contributed by atoms with Gasteiger partial charge in [0.15, 0.2) is 14.1 Å². The third-order valence-corrected chi connectivity index (χ3v) is 2.12. The van der Waals surface area contributed by atoms with Crippen LogP contribution in [0.4, 0.5) is 13.2 Å². The molecule has 5 nitrogen and oxygen atoms in total. The van der Waals surface area contributed by atoms with Crippen LogP contribution in [0.5, 0.6) is 5.75 Å². The van der Waals surface area contributed by atoms with Crippen LogP contribution in [0.15, 0.2) is 35.1 Å². The zero-order valence-electron chi connectivity index (χ0n) is 11.6. The van der Waals surface area contributed by atoms with Crippen molar-refractivity contribution in [1.29, 1.82) is 0 Å². The molecule has 0 aliphatic rings. The van der Waals surface area contributed by atoms with Gasteiger partial charge in [0.25, 0.3) is 0 Å². The number of nitrogens with zero attached hydrogens (tertiary/aromatic N) is 2. The van der Waals surface area contributed by atoms with E-state index in [9.17, 15) is 18.0 Å². The van der Waals surface area contributed by atoms with Gasteiger partial charge < -0.3 is 9.47 Å². The Kier molecular flexibility index (Phi) is 5.45. The predicted molar refractivity (Wildman–Crippen MR) is 67.7 cm³/mol. The second-order valence-electron chi connectivity index (χ2n) is 4.09. The molecule has 8 heteroatoms. The lowest BCUT2D eigenvalue weighted by molar-refractivity contribution is -0.533. The van der Waals surface area contributed by atoms with E-state index in [1.807, 2.05) is 0 Å². The summed E-state index contributed by atoms with van der Waals surface area (Å²) in [7, 11) is 4.45. The number of alkyl halides is 3. The van der Waals surface area contributed by atoms with Crippen molar-refractivity contribution < 1.29 is 32.1 Å². The summed E-state index contributed by atoms with van der Waals surface area (Å²) in [6.45, 7) is 0.